The van der Waals surface area contributed by atoms with Crippen LogP contribution in [0.5, 0.6) is 0 Å². The van der Waals surface area contributed by atoms with E-state index in [1.165, 1.54) is 18.6 Å². The van der Waals surface area contributed by atoms with E-state index in [1.807, 2.05) is 0 Å². The largest absolute Gasteiger partial charge is 0.480 e. The van der Waals surface area contributed by atoms with Gasteiger partial charge in [0, 0.05) is 6.04 Å². The molecule has 1 aromatic rings. The van der Waals surface area contributed by atoms with Gasteiger partial charge in [-0.15, -0.1) is 0 Å². The second-order valence-electron chi connectivity index (χ2n) is 5.54. The molecule has 20 heavy (non-hydrogen) atoms. The van der Waals surface area contributed by atoms with Crippen molar-refractivity contribution in [1.29, 1.82) is 0 Å². The molecule has 1 aliphatic rings. The molecule has 0 radical (unpaired) electrons. The Labute approximate surface area is 126 Å². The molecule has 1 saturated carbocycles. The molecule has 110 valence electrons. The van der Waals surface area contributed by atoms with E-state index in [1.54, 1.807) is 13.0 Å². The number of hydrogen-bond acceptors (Lipinski definition) is 2. The van der Waals surface area contributed by atoms with E-state index in [2.05, 4.69) is 21.2 Å². The Morgan fingerprint density at radius 3 is 2.60 bits per heavy atom. The number of aliphatic carboxylic acids is 1. The summed E-state index contributed by atoms with van der Waals surface area (Å²) in [4.78, 5) is 11.7. The zero-order valence-electron chi connectivity index (χ0n) is 11.5. The number of nitrogens with one attached hydrogen (secondary N) is 1. The highest BCUT2D eigenvalue weighted by Gasteiger charge is 2.37. The third kappa shape index (κ3) is 3.20. The van der Waals surface area contributed by atoms with Crippen molar-refractivity contribution < 1.29 is 14.3 Å². The Bertz CT molecular complexity index is 503. The van der Waals surface area contributed by atoms with Crippen LogP contribution in [0.15, 0.2) is 22.7 Å². The zero-order chi connectivity index (χ0) is 14.8. The molecule has 0 bridgehead atoms. The van der Waals surface area contributed by atoms with Gasteiger partial charge in [-0.05, 0) is 53.4 Å². The molecule has 2 rings (SSSR count). The molecule has 0 aliphatic heterocycles. The Balaban J connectivity index is 2.27. The summed E-state index contributed by atoms with van der Waals surface area (Å²) < 4.78 is 13.6. The van der Waals surface area contributed by atoms with Gasteiger partial charge >= 0.3 is 5.97 Å². The number of carbonyl (C=O) groups is 1. The lowest BCUT2D eigenvalue weighted by atomic mass is 9.87. The van der Waals surface area contributed by atoms with E-state index in [0.29, 0.717) is 5.56 Å². The summed E-state index contributed by atoms with van der Waals surface area (Å²) in [6, 6.07) is 4.57. The number of halogens is 2. The van der Waals surface area contributed by atoms with Gasteiger partial charge < -0.3 is 5.11 Å². The second-order valence-corrected chi connectivity index (χ2v) is 6.39. The summed E-state index contributed by atoms with van der Waals surface area (Å²) in [7, 11) is 0. The van der Waals surface area contributed by atoms with Crippen LogP contribution < -0.4 is 5.32 Å². The van der Waals surface area contributed by atoms with E-state index >= 15 is 0 Å². The summed E-state index contributed by atoms with van der Waals surface area (Å²) in [5.41, 5.74) is -0.637. The normalized spacial score (nSPS) is 19.6. The Kier molecular flexibility index (Phi) is 4.81. The highest BCUT2D eigenvalue weighted by molar-refractivity contribution is 9.10. The van der Waals surface area contributed by atoms with Crippen LogP contribution in [0.1, 0.15) is 44.6 Å². The number of carboxylic acid groups (broad SMARTS) is 1. The first kappa shape index (κ1) is 15.4. The van der Waals surface area contributed by atoms with Crippen LogP contribution >= 0.6 is 15.9 Å². The third-order valence-electron chi connectivity index (χ3n) is 4.02. The van der Waals surface area contributed by atoms with Crippen molar-refractivity contribution in [2.75, 3.05) is 0 Å². The number of benzene rings is 1. The molecule has 1 aromatic carbocycles. The standard InChI is InChI=1S/C15H19BrFNO2/c1-15(14(19)20,18-11-5-3-2-4-6-11)10-7-8-13(17)12(16)9-10/h7-9,11,18H,2-6H2,1H3,(H,19,20). The van der Waals surface area contributed by atoms with Crippen LogP contribution in [0.25, 0.3) is 0 Å². The van der Waals surface area contributed by atoms with Crippen molar-refractivity contribution >= 4 is 21.9 Å². The Morgan fingerprint density at radius 1 is 1.40 bits per heavy atom. The first-order valence-corrected chi connectivity index (χ1v) is 7.69. The van der Waals surface area contributed by atoms with Gasteiger partial charge in [0.15, 0.2) is 0 Å². The molecule has 0 aromatic heterocycles. The predicted octanol–water partition coefficient (Wildman–Crippen LogP) is 3.81. The molecule has 0 saturated heterocycles. The minimum absolute atomic E-state index is 0.202. The number of rotatable bonds is 4. The van der Waals surface area contributed by atoms with Crippen LogP contribution in [0.3, 0.4) is 0 Å². The lowest BCUT2D eigenvalue weighted by Gasteiger charge is -2.34. The summed E-state index contributed by atoms with van der Waals surface area (Å²) in [5.74, 6) is -1.33. The number of carboxylic acids is 1. The molecule has 1 atom stereocenters. The summed E-state index contributed by atoms with van der Waals surface area (Å²) in [5, 5.41) is 12.9. The monoisotopic (exact) mass is 343 g/mol. The Hall–Kier alpha value is -0.940. The van der Waals surface area contributed by atoms with Crippen molar-refractivity contribution in [1.82, 2.24) is 5.32 Å². The van der Waals surface area contributed by atoms with Gasteiger partial charge in [-0.25, -0.2) is 9.18 Å². The van der Waals surface area contributed by atoms with Crippen molar-refractivity contribution in [2.24, 2.45) is 0 Å². The van der Waals surface area contributed by atoms with Gasteiger partial charge in [0.25, 0.3) is 0 Å². The smallest absolute Gasteiger partial charge is 0.328 e. The highest BCUT2D eigenvalue weighted by Crippen LogP contribution is 2.29. The summed E-state index contributed by atoms with van der Waals surface area (Å²) in [6.45, 7) is 1.64. The van der Waals surface area contributed by atoms with Gasteiger partial charge in [-0.3, -0.25) is 5.32 Å². The van der Waals surface area contributed by atoms with Gasteiger partial charge in [0.1, 0.15) is 11.4 Å². The van der Waals surface area contributed by atoms with E-state index in [4.69, 9.17) is 0 Å². The van der Waals surface area contributed by atoms with Gasteiger partial charge in [-0.1, -0.05) is 25.3 Å². The minimum atomic E-state index is -1.20. The predicted molar refractivity (Wildman–Crippen MR) is 79.1 cm³/mol. The van der Waals surface area contributed by atoms with Crippen LogP contribution in [-0.4, -0.2) is 17.1 Å². The SMILES string of the molecule is CC(NC1CCCCC1)(C(=O)O)c1ccc(F)c(Br)c1. The zero-order valence-corrected chi connectivity index (χ0v) is 13.0. The molecule has 5 heteroatoms. The summed E-state index contributed by atoms with van der Waals surface area (Å²) >= 11 is 3.12. The quantitative estimate of drug-likeness (QED) is 0.873. The van der Waals surface area contributed by atoms with E-state index in [-0.39, 0.29) is 16.3 Å². The fourth-order valence-electron chi connectivity index (χ4n) is 2.73. The molecule has 3 nitrogen and oxygen atoms in total. The lowest BCUT2D eigenvalue weighted by molar-refractivity contribution is -0.145. The lowest BCUT2D eigenvalue weighted by Crippen LogP contribution is -2.51. The first-order valence-electron chi connectivity index (χ1n) is 6.90. The number of hydrogen-bond donors (Lipinski definition) is 2. The van der Waals surface area contributed by atoms with Gasteiger partial charge in [0.2, 0.25) is 0 Å². The molecule has 2 N–H and O–H groups in total. The van der Waals surface area contributed by atoms with Crippen molar-refractivity contribution in [3.8, 4) is 0 Å². The highest BCUT2D eigenvalue weighted by atomic mass is 79.9. The van der Waals surface area contributed by atoms with Crippen LogP contribution in [-0.2, 0) is 10.3 Å². The maximum atomic E-state index is 13.3. The summed E-state index contributed by atoms with van der Waals surface area (Å²) in [6.07, 6.45) is 5.45. The van der Waals surface area contributed by atoms with E-state index in [0.717, 1.165) is 25.7 Å². The van der Waals surface area contributed by atoms with Crippen LogP contribution in [0, 0.1) is 5.82 Å². The molecule has 0 heterocycles. The molecule has 1 unspecified atom stereocenters. The molecule has 0 amide bonds. The maximum absolute atomic E-state index is 13.3. The van der Waals surface area contributed by atoms with Crippen molar-refractivity contribution in [3.63, 3.8) is 0 Å². The topological polar surface area (TPSA) is 49.3 Å². The Morgan fingerprint density at radius 2 is 2.05 bits per heavy atom. The fourth-order valence-corrected chi connectivity index (χ4v) is 3.11. The van der Waals surface area contributed by atoms with Crippen molar-refractivity contribution in [2.45, 2.75) is 50.6 Å². The minimum Gasteiger partial charge on any atom is -0.480 e. The van der Waals surface area contributed by atoms with Crippen LogP contribution in [0.4, 0.5) is 4.39 Å². The maximum Gasteiger partial charge on any atom is 0.328 e. The molecular formula is C15H19BrFNO2. The molecule has 0 spiro atoms. The van der Waals surface area contributed by atoms with E-state index in [9.17, 15) is 14.3 Å². The van der Waals surface area contributed by atoms with Crippen LogP contribution in [0.2, 0.25) is 0 Å². The first-order chi connectivity index (χ1) is 9.43. The third-order valence-corrected chi connectivity index (χ3v) is 4.63. The fraction of sp³-hybridized carbons (Fsp3) is 0.533. The van der Waals surface area contributed by atoms with E-state index < -0.39 is 11.5 Å². The molecular weight excluding hydrogens is 325 g/mol. The average molecular weight is 344 g/mol. The van der Waals surface area contributed by atoms with Gasteiger partial charge in [0.05, 0.1) is 4.47 Å². The molecule has 1 aliphatic carbocycles. The second kappa shape index (κ2) is 6.22. The van der Waals surface area contributed by atoms with Gasteiger partial charge in [-0.2, -0.15) is 0 Å². The average Bonchev–Trinajstić information content (AvgIpc) is 2.42. The van der Waals surface area contributed by atoms with Crippen molar-refractivity contribution in [3.05, 3.63) is 34.1 Å². The molecule has 1 fully saturated rings.